The van der Waals surface area contributed by atoms with Gasteiger partial charge in [0.15, 0.2) is 16.8 Å². The van der Waals surface area contributed by atoms with Gasteiger partial charge in [-0.05, 0) is 42.6 Å². The summed E-state index contributed by atoms with van der Waals surface area (Å²) in [5.74, 6) is -0.259. The number of fused-ring (bicyclic) bond motifs is 1. The Bertz CT molecular complexity index is 1010. The van der Waals surface area contributed by atoms with E-state index in [1.54, 1.807) is 0 Å². The quantitative estimate of drug-likeness (QED) is 0.239. The Kier molecular flexibility index (Phi) is 8.95. The van der Waals surface area contributed by atoms with Gasteiger partial charge < -0.3 is 15.4 Å². The number of anilines is 1. The van der Waals surface area contributed by atoms with E-state index < -0.39 is 24.2 Å². The zero-order chi connectivity index (χ0) is 25.6. The first-order chi connectivity index (χ1) is 16.6. The van der Waals surface area contributed by atoms with Crippen molar-refractivity contribution in [1.82, 2.24) is 25.9 Å². The van der Waals surface area contributed by atoms with E-state index in [1.165, 1.54) is 6.07 Å². The number of alkyl halides is 3. The zero-order valence-electron chi connectivity index (χ0n) is 19.9. The number of nitrogens with zero attached hydrogens (tertiary/aromatic N) is 2. The highest BCUT2D eigenvalue weighted by molar-refractivity contribution is 7.80. The summed E-state index contributed by atoms with van der Waals surface area (Å²) in [7, 11) is 0. The van der Waals surface area contributed by atoms with Crippen molar-refractivity contribution in [3.05, 3.63) is 47.2 Å². The molecule has 2 atom stereocenters. The van der Waals surface area contributed by atoms with Crippen LogP contribution in [-0.4, -0.2) is 46.7 Å². The number of carbonyl (C=O) groups excluding carboxylic acids is 1. The van der Waals surface area contributed by atoms with E-state index in [9.17, 15) is 18.0 Å². The summed E-state index contributed by atoms with van der Waals surface area (Å²) in [6.45, 7) is 7.76. The largest absolute Gasteiger partial charge is 0.410 e. The highest BCUT2D eigenvalue weighted by atomic mass is 32.1. The van der Waals surface area contributed by atoms with E-state index >= 15 is 0 Å². The summed E-state index contributed by atoms with van der Waals surface area (Å²) in [4.78, 5) is 12.5. The second-order valence-electron chi connectivity index (χ2n) is 8.56. The van der Waals surface area contributed by atoms with Crippen molar-refractivity contribution in [1.29, 1.82) is 0 Å². The Morgan fingerprint density at radius 1 is 1.29 bits per heavy atom. The molecule has 8 nitrogen and oxygen atoms in total. The number of carbonyl (C=O) groups is 1. The number of halogens is 3. The minimum absolute atomic E-state index is 0.123. The molecule has 35 heavy (non-hydrogen) atoms. The van der Waals surface area contributed by atoms with Gasteiger partial charge in [0.25, 0.3) is 5.91 Å². The number of thiocarbonyl (C=S) groups is 1. The average Bonchev–Trinajstić information content (AvgIpc) is 3.25. The van der Waals surface area contributed by atoms with Crippen molar-refractivity contribution in [2.45, 2.75) is 57.8 Å². The van der Waals surface area contributed by atoms with Gasteiger partial charge in [0, 0.05) is 32.2 Å². The van der Waals surface area contributed by atoms with Crippen LogP contribution in [0.5, 0.6) is 0 Å². The van der Waals surface area contributed by atoms with Crippen LogP contribution in [0.25, 0.3) is 0 Å². The minimum Gasteiger partial charge on any atom is -0.382 e. The van der Waals surface area contributed by atoms with Crippen LogP contribution in [-0.2, 0) is 4.74 Å². The van der Waals surface area contributed by atoms with Gasteiger partial charge in [0.2, 0.25) is 0 Å². The van der Waals surface area contributed by atoms with Crippen LogP contribution < -0.4 is 21.5 Å². The van der Waals surface area contributed by atoms with Gasteiger partial charge in [-0.1, -0.05) is 38.1 Å². The molecule has 2 aromatic rings. The molecule has 192 valence electrons. The number of amides is 1. The maximum atomic E-state index is 13.9. The van der Waals surface area contributed by atoms with Crippen molar-refractivity contribution >= 4 is 29.1 Å². The lowest BCUT2D eigenvalue weighted by Gasteiger charge is -2.33. The van der Waals surface area contributed by atoms with E-state index in [0.29, 0.717) is 25.7 Å². The summed E-state index contributed by atoms with van der Waals surface area (Å²) in [6, 6.07) is 6.40. The Morgan fingerprint density at radius 2 is 2.00 bits per heavy atom. The maximum Gasteiger partial charge on any atom is 0.410 e. The molecule has 12 heteroatoms. The lowest BCUT2D eigenvalue weighted by atomic mass is 9.94. The van der Waals surface area contributed by atoms with Crippen molar-refractivity contribution in [3.63, 3.8) is 0 Å². The molecule has 0 radical (unpaired) electrons. The Hall–Kier alpha value is -2.86. The predicted octanol–water partition coefficient (Wildman–Crippen LogP) is 4.20. The molecule has 2 heterocycles. The first kappa shape index (κ1) is 26.7. The van der Waals surface area contributed by atoms with Crippen LogP contribution in [0.3, 0.4) is 0 Å². The number of hydrazine groups is 1. The number of aromatic nitrogens is 2. The molecule has 4 N–H and O–H groups in total. The molecule has 0 saturated heterocycles. The monoisotopic (exact) mass is 512 g/mol. The third-order valence-electron chi connectivity index (χ3n) is 5.67. The molecule has 1 aliphatic heterocycles. The molecule has 1 aliphatic rings. The molecule has 1 aromatic carbocycles. The van der Waals surface area contributed by atoms with Crippen molar-refractivity contribution in [3.8, 4) is 0 Å². The van der Waals surface area contributed by atoms with E-state index in [4.69, 9.17) is 17.0 Å². The molecule has 3 rings (SSSR count). The summed E-state index contributed by atoms with van der Waals surface area (Å²) < 4.78 is 47.8. The molecule has 0 unspecified atom stereocenters. The van der Waals surface area contributed by atoms with E-state index in [0.717, 1.165) is 22.2 Å². The Labute approximate surface area is 207 Å². The van der Waals surface area contributed by atoms with E-state index in [1.807, 2.05) is 31.2 Å². The standard InChI is InChI=1S/C23H31F3N6O2S/c1-4-34-11-5-10-27-22(35)30-29-21(33)18-13-20-28-17(12-19(23(24,25)26)32(20)31-18)16-8-6-15(7-9-16)14(2)3/h6-9,13-14,17,19,28H,4-5,10-12H2,1-3H3,(H,29,33)(H2,27,30,35)/t17-,19+/m1/s1. The van der Waals surface area contributed by atoms with Crippen LogP contribution in [0.4, 0.5) is 19.0 Å². The Balaban J connectivity index is 1.68. The molecule has 0 aliphatic carbocycles. The number of benzene rings is 1. The predicted molar refractivity (Wildman–Crippen MR) is 131 cm³/mol. The van der Waals surface area contributed by atoms with Gasteiger partial charge >= 0.3 is 6.18 Å². The SMILES string of the molecule is CCOCCCNC(=S)NNC(=O)c1cc2n(n1)[C@H](C(F)(F)F)C[C@H](c1ccc(C(C)C)cc1)N2. The first-order valence-corrected chi connectivity index (χ1v) is 12.0. The number of nitrogens with one attached hydrogen (secondary N) is 4. The average molecular weight is 513 g/mol. The van der Waals surface area contributed by atoms with Crippen LogP contribution >= 0.6 is 12.2 Å². The fraction of sp³-hybridized carbons (Fsp3) is 0.522. The smallest absolute Gasteiger partial charge is 0.382 e. The molecule has 1 aromatic heterocycles. The molecule has 0 bridgehead atoms. The van der Waals surface area contributed by atoms with Crippen molar-refractivity contribution in [2.24, 2.45) is 0 Å². The van der Waals surface area contributed by atoms with Gasteiger partial charge in [-0.25, -0.2) is 4.68 Å². The van der Waals surface area contributed by atoms with Crippen LogP contribution in [0.2, 0.25) is 0 Å². The summed E-state index contributed by atoms with van der Waals surface area (Å²) in [5, 5.41) is 10.1. The van der Waals surface area contributed by atoms with E-state index in [-0.39, 0.29) is 23.0 Å². The lowest BCUT2D eigenvalue weighted by molar-refractivity contribution is -0.173. The van der Waals surface area contributed by atoms with Gasteiger partial charge in [-0.2, -0.15) is 18.3 Å². The van der Waals surface area contributed by atoms with Crippen LogP contribution in [0.15, 0.2) is 30.3 Å². The zero-order valence-corrected chi connectivity index (χ0v) is 20.7. The third kappa shape index (κ3) is 7.07. The third-order valence-corrected chi connectivity index (χ3v) is 5.92. The maximum absolute atomic E-state index is 13.9. The van der Waals surface area contributed by atoms with Gasteiger partial charge in [-0.3, -0.25) is 15.6 Å². The molecular weight excluding hydrogens is 481 g/mol. The fourth-order valence-electron chi connectivity index (χ4n) is 3.76. The molecule has 1 amide bonds. The van der Waals surface area contributed by atoms with Gasteiger partial charge in [0.1, 0.15) is 5.82 Å². The molecule has 0 fully saturated rings. The second kappa shape index (κ2) is 11.7. The van der Waals surface area contributed by atoms with Gasteiger partial charge in [0.05, 0.1) is 6.04 Å². The highest BCUT2D eigenvalue weighted by Crippen LogP contribution is 2.43. The molecule has 0 saturated carbocycles. The highest BCUT2D eigenvalue weighted by Gasteiger charge is 2.46. The lowest BCUT2D eigenvalue weighted by Crippen LogP contribution is -2.47. The fourth-order valence-corrected chi connectivity index (χ4v) is 3.91. The minimum atomic E-state index is -4.53. The van der Waals surface area contributed by atoms with Gasteiger partial charge in [-0.15, -0.1) is 0 Å². The molecular formula is C23H31F3N6O2S. The normalized spacial score (nSPS) is 17.5. The number of hydrogen-bond donors (Lipinski definition) is 4. The number of rotatable bonds is 8. The summed E-state index contributed by atoms with van der Waals surface area (Å²) in [5.41, 5.74) is 6.58. The van der Waals surface area contributed by atoms with Crippen molar-refractivity contribution in [2.75, 3.05) is 25.1 Å². The summed E-state index contributed by atoms with van der Waals surface area (Å²) >= 11 is 5.08. The number of hydrogen-bond acceptors (Lipinski definition) is 5. The Morgan fingerprint density at radius 3 is 2.63 bits per heavy atom. The van der Waals surface area contributed by atoms with Crippen molar-refractivity contribution < 1.29 is 22.7 Å². The van der Waals surface area contributed by atoms with Crippen LogP contribution in [0.1, 0.15) is 73.2 Å². The number of ether oxygens (including phenoxy) is 1. The molecule has 0 spiro atoms. The topological polar surface area (TPSA) is 92.2 Å². The van der Waals surface area contributed by atoms with Crippen LogP contribution in [0, 0.1) is 0 Å². The first-order valence-electron chi connectivity index (χ1n) is 11.5. The second-order valence-corrected chi connectivity index (χ2v) is 8.96. The summed E-state index contributed by atoms with van der Waals surface area (Å²) in [6.07, 6.45) is -4.05. The van der Waals surface area contributed by atoms with E-state index in [2.05, 4.69) is 40.4 Å².